The summed E-state index contributed by atoms with van der Waals surface area (Å²) in [6, 6.07) is 6.83. The molecule has 1 amide bonds. The van der Waals surface area contributed by atoms with Crippen molar-refractivity contribution in [2.24, 2.45) is 0 Å². The van der Waals surface area contributed by atoms with E-state index in [1.165, 1.54) is 21.0 Å². The third kappa shape index (κ3) is 9.38. The molecule has 3 N–H and O–H groups in total. The minimum atomic E-state index is -3.53. The van der Waals surface area contributed by atoms with E-state index in [-0.39, 0.29) is 15.7 Å². The van der Waals surface area contributed by atoms with Crippen LogP contribution >= 0.6 is 31.9 Å². The van der Waals surface area contributed by atoms with Crippen molar-refractivity contribution in [1.29, 1.82) is 0 Å². The summed E-state index contributed by atoms with van der Waals surface area (Å²) in [7, 11) is 5.84. The van der Waals surface area contributed by atoms with Crippen LogP contribution in [0, 0.1) is 0 Å². The molecule has 5 radical (unpaired) electrons. The topological polar surface area (TPSA) is 125 Å². The molecule has 16 heteroatoms. The minimum absolute atomic E-state index is 0.0797. The molecule has 0 atom stereocenters. The van der Waals surface area contributed by atoms with Gasteiger partial charge in [0.25, 0.3) is 0 Å². The van der Waals surface area contributed by atoms with Crippen molar-refractivity contribution in [2.45, 2.75) is 29.6 Å². The fourth-order valence-electron chi connectivity index (χ4n) is 3.64. The number of rotatable bonds is 4. The van der Waals surface area contributed by atoms with Crippen LogP contribution in [0.5, 0.6) is 0 Å². The Bertz CT molecular complexity index is 1440. The van der Waals surface area contributed by atoms with Crippen LogP contribution in [0.4, 0.5) is 11.4 Å². The molecule has 0 saturated heterocycles. The van der Waals surface area contributed by atoms with Gasteiger partial charge < -0.3 is 10.2 Å². The Morgan fingerprint density at radius 2 is 1.44 bits per heavy atom. The van der Waals surface area contributed by atoms with Gasteiger partial charge in [0.1, 0.15) is 0 Å². The molecular formula is C23H28B3Br2N4O5S2. The maximum atomic E-state index is 11.9. The Morgan fingerprint density at radius 3 is 1.90 bits per heavy atom. The molecule has 2 heterocycles. The van der Waals surface area contributed by atoms with Crippen molar-refractivity contribution >= 4 is 91.7 Å². The summed E-state index contributed by atoms with van der Waals surface area (Å²) < 4.78 is 52.7. The molecule has 0 spiro atoms. The van der Waals surface area contributed by atoms with Crippen molar-refractivity contribution < 1.29 is 21.6 Å². The van der Waals surface area contributed by atoms with Crippen molar-refractivity contribution in [1.82, 2.24) is 9.44 Å². The van der Waals surface area contributed by atoms with E-state index in [1.807, 2.05) is 6.07 Å². The van der Waals surface area contributed by atoms with Gasteiger partial charge in [-0.05, 0) is 94.2 Å². The zero-order chi connectivity index (χ0) is 30.0. The van der Waals surface area contributed by atoms with E-state index in [2.05, 4.69) is 81.0 Å². The highest BCUT2D eigenvalue weighted by Crippen LogP contribution is 2.35. The van der Waals surface area contributed by atoms with Crippen LogP contribution in [0.2, 0.25) is 0 Å². The molecule has 0 aromatic heterocycles. The number of nitrogens with zero attached hydrogens (tertiary/aromatic N) is 1. The second kappa shape index (κ2) is 15.9. The van der Waals surface area contributed by atoms with Gasteiger partial charge in [0.2, 0.25) is 26.0 Å². The molecule has 0 fully saturated rings. The van der Waals surface area contributed by atoms with Gasteiger partial charge in [-0.25, -0.2) is 26.3 Å². The number of nitrogens with one attached hydrogen (secondary N) is 3. The summed E-state index contributed by atoms with van der Waals surface area (Å²) in [5.41, 5.74) is 5.97. The Hall–Kier alpha value is -1.80. The lowest BCUT2D eigenvalue weighted by molar-refractivity contribution is -0.116. The number of hydrogen-bond donors (Lipinski definition) is 3. The lowest BCUT2D eigenvalue weighted by atomic mass is 9.40. The monoisotopic (exact) mass is 695 g/mol. The van der Waals surface area contributed by atoms with Crippen molar-refractivity contribution in [3.8, 4) is 0 Å². The third-order valence-electron chi connectivity index (χ3n) is 5.39. The summed E-state index contributed by atoms with van der Waals surface area (Å²) >= 11 is 6.54. The maximum Gasteiger partial charge on any atom is 0.241 e. The van der Waals surface area contributed by atoms with E-state index < -0.39 is 20.0 Å². The zero-order valence-corrected chi connectivity index (χ0v) is 26.6. The molecule has 2 aromatic rings. The molecule has 9 nitrogen and oxygen atoms in total. The minimum Gasteiger partial charge on any atom is -0.384 e. The van der Waals surface area contributed by atoms with E-state index in [1.54, 1.807) is 23.1 Å². The Labute approximate surface area is 251 Å². The van der Waals surface area contributed by atoms with Crippen LogP contribution in [-0.2, 0) is 37.7 Å². The summed E-state index contributed by atoms with van der Waals surface area (Å²) in [5, 5.41) is 3.15. The highest BCUT2D eigenvalue weighted by molar-refractivity contribution is 9.10. The number of fused-ring (bicyclic) bond motifs is 2. The number of amides is 1. The Balaban J connectivity index is 0.000000328. The first-order valence-electron chi connectivity index (χ1n) is 11.3. The summed E-state index contributed by atoms with van der Waals surface area (Å²) in [6.07, 6.45) is 1.68. The van der Waals surface area contributed by atoms with Gasteiger partial charge >= 0.3 is 0 Å². The van der Waals surface area contributed by atoms with Gasteiger partial charge in [-0.1, -0.05) is 13.2 Å². The van der Waals surface area contributed by atoms with Crippen LogP contribution in [0.25, 0.3) is 0 Å². The molecule has 2 aliphatic rings. The number of benzene rings is 2. The summed E-state index contributed by atoms with van der Waals surface area (Å²) in [4.78, 5) is 13.5. The Kier molecular flexibility index (Phi) is 14.3. The lowest BCUT2D eigenvalue weighted by Gasteiger charge is -2.16. The predicted molar refractivity (Wildman–Crippen MR) is 167 cm³/mol. The number of hydrogen-bond acceptors (Lipinski definition) is 6. The van der Waals surface area contributed by atoms with Gasteiger partial charge in [-0.3, -0.25) is 4.79 Å². The molecule has 0 bridgehead atoms. The first-order chi connectivity index (χ1) is 18.2. The molecule has 0 aliphatic carbocycles. The van der Waals surface area contributed by atoms with Gasteiger partial charge in [0.05, 0.1) is 9.79 Å². The van der Waals surface area contributed by atoms with Crippen LogP contribution < -0.4 is 19.7 Å². The third-order valence-corrected chi connectivity index (χ3v) is 10.1. The van der Waals surface area contributed by atoms with Crippen LogP contribution in [0.15, 0.2) is 61.9 Å². The normalized spacial score (nSPS) is 13.0. The Morgan fingerprint density at radius 1 is 0.974 bits per heavy atom. The highest BCUT2D eigenvalue weighted by atomic mass is 79.9. The first-order valence-corrected chi connectivity index (χ1v) is 15.9. The number of anilines is 2. The molecule has 0 saturated carbocycles. The van der Waals surface area contributed by atoms with Crippen LogP contribution in [0.1, 0.15) is 18.1 Å². The molecule has 2 aliphatic heterocycles. The number of carbonyl (C=O) groups excluding carboxylic acids is 1. The SMILES string of the molecule is C=C=C.CNS(=O)(=O)c1cc2c(cc1Br)CCN2.CNS(=O)(=O)c1cc2c(cc1Br)CCN2C(C)=O.[B][B][B]. The number of halogens is 2. The van der Waals surface area contributed by atoms with Crippen LogP contribution in [-0.4, -0.2) is 72.5 Å². The number of carbonyl (C=O) groups is 1. The fourth-order valence-corrected chi connectivity index (χ4v) is 7.32. The van der Waals surface area contributed by atoms with Gasteiger partial charge in [0, 0.05) is 62.9 Å². The largest absolute Gasteiger partial charge is 0.384 e. The average molecular weight is 697 g/mol. The number of sulfonamides is 2. The molecular weight excluding hydrogens is 669 g/mol. The highest BCUT2D eigenvalue weighted by Gasteiger charge is 2.27. The van der Waals surface area contributed by atoms with Gasteiger partial charge in [-0.2, -0.15) is 0 Å². The van der Waals surface area contributed by atoms with E-state index in [0.717, 1.165) is 43.3 Å². The van der Waals surface area contributed by atoms with Crippen LogP contribution in [0.3, 0.4) is 0 Å². The van der Waals surface area contributed by atoms with E-state index in [4.69, 9.17) is 0 Å². The second-order valence-electron chi connectivity index (χ2n) is 7.81. The molecule has 39 heavy (non-hydrogen) atoms. The second-order valence-corrected chi connectivity index (χ2v) is 13.2. The van der Waals surface area contributed by atoms with E-state index in [9.17, 15) is 21.6 Å². The molecule has 205 valence electrons. The first kappa shape index (κ1) is 35.2. The standard InChI is InChI=1S/C11H13BrN2O3S.C9H11BrN2O2S.C3H4.B3/c1-7(15)14-4-3-8-5-9(12)11(6-10(8)14)18(16,17)13-2;1-11-15(13,14)9-5-8-6(2-3-12-8)4-7(9)10;2*1-3-2/h5-6,13H,3-4H2,1-2H3;4-5,11-12H,2-3H2,1H3;1-2H2;. The molecule has 4 rings (SSSR count). The fraction of sp³-hybridized carbons (Fsp3) is 0.304. The predicted octanol–water partition coefficient (Wildman–Crippen LogP) is 2.41. The lowest BCUT2D eigenvalue weighted by Crippen LogP contribution is -2.26. The molecule has 0 unspecified atom stereocenters. The van der Waals surface area contributed by atoms with E-state index in [0.29, 0.717) is 21.2 Å². The maximum absolute atomic E-state index is 11.9. The van der Waals surface area contributed by atoms with Gasteiger partial charge in [0.15, 0.2) is 0 Å². The smallest absolute Gasteiger partial charge is 0.241 e. The zero-order valence-electron chi connectivity index (χ0n) is 21.8. The quantitative estimate of drug-likeness (QED) is 0.334. The average Bonchev–Trinajstić information content (AvgIpc) is 3.50. The van der Waals surface area contributed by atoms with Gasteiger partial charge in [-0.15, -0.1) is 5.73 Å². The van der Waals surface area contributed by atoms with E-state index >= 15 is 0 Å². The van der Waals surface area contributed by atoms with Crippen molar-refractivity contribution in [3.63, 3.8) is 0 Å². The summed E-state index contributed by atoms with van der Waals surface area (Å²) in [6.45, 7) is 9.19. The molecule has 2 aromatic carbocycles. The summed E-state index contributed by atoms with van der Waals surface area (Å²) in [5.74, 6) is -0.0797. The van der Waals surface area contributed by atoms with Crippen molar-refractivity contribution in [2.75, 3.05) is 37.4 Å². The van der Waals surface area contributed by atoms with Crippen molar-refractivity contribution in [3.05, 3.63) is 63.2 Å².